The van der Waals surface area contributed by atoms with E-state index >= 15 is 0 Å². The minimum atomic E-state index is -3.97. The third-order valence-corrected chi connectivity index (χ3v) is 7.77. The average molecular weight is 457 g/mol. The Morgan fingerprint density at radius 3 is 2.22 bits per heavy atom. The molecule has 2 aliphatic rings. The number of ether oxygens (including phenoxy) is 1. The Balaban J connectivity index is 1.67. The molecular weight excluding hydrogens is 432 g/mol. The van der Waals surface area contributed by atoms with E-state index in [-0.39, 0.29) is 23.1 Å². The molecule has 1 heterocycles. The van der Waals surface area contributed by atoms with E-state index in [9.17, 15) is 22.8 Å². The maximum Gasteiger partial charge on any atom is 0.308 e. The second-order valence-electron chi connectivity index (χ2n) is 7.96. The van der Waals surface area contributed by atoms with Crippen LogP contribution in [0.15, 0.2) is 59.5 Å². The number of amides is 2. The van der Waals surface area contributed by atoms with E-state index in [1.165, 1.54) is 47.6 Å². The number of sulfonamides is 1. The Hall–Kier alpha value is -3.04. The highest BCUT2D eigenvalue weighted by atomic mass is 32.2. The van der Waals surface area contributed by atoms with Gasteiger partial charge in [0.2, 0.25) is 15.9 Å². The Bertz CT molecular complexity index is 1120. The molecule has 4 rings (SSSR count). The number of imide groups is 1. The molecule has 168 valence electrons. The first-order valence-corrected chi connectivity index (χ1v) is 12.0. The lowest BCUT2D eigenvalue weighted by atomic mass is 10.2. The number of carbonyl (C=O) groups is 3. The minimum Gasteiger partial charge on any atom is -0.427 e. The molecule has 2 aromatic carbocycles. The number of esters is 1. The van der Waals surface area contributed by atoms with Crippen molar-refractivity contribution in [2.45, 2.75) is 56.0 Å². The lowest BCUT2D eigenvalue weighted by Gasteiger charge is -2.32. The van der Waals surface area contributed by atoms with Gasteiger partial charge in [0.25, 0.3) is 5.91 Å². The van der Waals surface area contributed by atoms with E-state index < -0.39 is 33.8 Å². The van der Waals surface area contributed by atoms with Gasteiger partial charge in [0.05, 0.1) is 17.0 Å². The summed E-state index contributed by atoms with van der Waals surface area (Å²) in [5.74, 6) is -1.23. The highest BCUT2D eigenvalue weighted by Crippen LogP contribution is 2.35. The average Bonchev–Trinajstić information content (AvgIpc) is 3.38. The smallest absolute Gasteiger partial charge is 0.308 e. The van der Waals surface area contributed by atoms with Crippen molar-refractivity contribution in [2.24, 2.45) is 0 Å². The molecule has 0 aromatic heterocycles. The highest BCUT2D eigenvalue weighted by Gasteiger charge is 2.49. The number of hydrogen-bond acceptors (Lipinski definition) is 6. The largest absolute Gasteiger partial charge is 0.427 e. The van der Waals surface area contributed by atoms with Crippen LogP contribution in [0.3, 0.4) is 0 Å². The molecule has 0 radical (unpaired) electrons. The summed E-state index contributed by atoms with van der Waals surface area (Å²) in [4.78, 5) is 38.4. The fourth-order valence-corrected chi connectivity index (χ4v) is 6.25. The highest BCUT2D eigenvalue weighted by molar-refractivity contribution is 7.89. The first-order chi connectivity index (χ1) is 15.3. The monoisotopic (exact) mass is 456 g/mol. The molecule has 0 N–H and O–H groups in total. The molecule has 0 bridgehead atoms. The van der Waals surface area contributed by atoms with Crippen LogP contribution in [-0.4, -0.2) is 42.6 Å². The van der Waals surface area contributed by atoms with Crippen LogP contribution in [-0.2, 0) is 24.4 Å². The summed E-state index contributed by atoms with van der Waals surface area (Å²) in [7, 11) is -3.97. The zero-order valence-corrected chi connectivity index (χ0v) is 18.5. The van der Waals surface area contributed by atoms with Crippen molar-refractivity contribution in [1.29, 1.82) is 0 Å². The number of anilines is 1. The van der Waals surface area contributed by atoms with Crippen molar-refractivity contribution in [3.05, 3.63) is 54.6 Å². The Kier molecular flexibility index (Phi) is 6.12. The molecule has 9 heteroatoms. The summed E-state index contributed by atoms with van der Waals surface area (Å²) in [6.45, 7) is 1.27. The third kappa shape index (κ3) is 4.18. The molecule has 1 aliphatic carbocycles. The molecule has 2 fully saturated rings. The zero-order valence-electron chi connectivity index (χ0n) is 17.6. The molecular formula is C23H24N2O6S. The number of nitrogens with zero attached hydrogens (tertiary/aromatic N) is 2. The van der Waals surface area contributed by atoms with Crippen LogP contribution >= 0.6 is 0 Å². The van der Waals surface area contributed by atoms with Gasteiger partial charge < -0.3 is 4.74 Å². The van der Waals surface area contributed by atoms with Crippen molar-refractivity contribution < 1.29 is 27.5 Å². The first kappa shape index (κ1) is 22.2. The van der Waals surface area contributed by atoms with Gasteiger partial charge in [-0.05, 0) is 49.2 Å². The molecule has 1 saturated carbocycles. The molecule has 32 heavy (non-hydrogen) atoms. The fraction of sp³-hybridized carbons (Fsp3) is 0.348. The molecule has 2 amide bonds. The van der Waals surface area contributed by atoms with Gasteiger partial charge in [0.1, 0.15) is 11.8 Å². The summed E-state index contributed by atoms with van der Waals surface area (Å²) in [5.41, 5.74) is 0.307. The van der Waals surface area contributed by atoms with E-state index in [1.807, 2.05) is 0 Å². The molecule has 1 atom stereocenters. The van der Waals surface area contributed by atoms with Crippen LogP contribution in [0.25, 0.3) is 0 Å². The van der Waals surface area contributed by atoms with Crippen LogP contribution in [0.2, 0.25) is 0 Å². The summed E-state index contributed by atoms with van der Waals surface area (Å²) in [6, 6.07) is 12.6. The van der Waals surface area contributed by atoms with Crippen molar-refractivity contribution in [1.82, 2.24) is 4.31 Å². The Morgan fingerprint density at radius 1 is 1.00 bits per heavy atom. The maximum absolute atomic E-state index is 13.5. The van der Waals surface area contributed by atoms with Crippen molar-refractivity contribution in [3.8, 4) is 5.75 Å². The quantitative estimate of drug-likeness (QED) is 0.376. The Morgan fingerprint density at radius 2 is 1.62 bits per heavy atom. The van der Waals surface area contributed by atoms with Crippen LogP contribution < -0.4 is 9.64 Å². The van der Waals surface area contributed by atoms with Gasteiger partial charge in [-0.3, -0.25) is 14.4 Å². The van der Waals surface area contributed by atoms with E-state index in [2.05, 4.69) is 0 Å². The SMILES string of the molecule is CC(=O)Oc1ccc(N2C(=O)CC(N(C3CCCC3)S(=O)(=O)c3ccccc3)C2=O)cc1. The summed E-state index contributed by atoms with van der Waals surface area (Å²) < 4.78 is 33.3. The lowest BCUT2D eigenvalue weighted by molar-refractivity contribution is -0.132. The standard InChI is InChI=1S/C23H24N2O6S/c1-16(26)31-19-13-11-17(12-14-19)24-22(27)15-21(23(24)28)25(18-7-5-6-8-18)32(29,30)20-9-3-2-4-10-20/h2-4,9-14,18,21H,5-8,15H2,1H3. The number of hydrogen-bond donors (Lipinski definition) is 0. The number of carbonyl (C=O) groups excluding carboxylic acids is 3. The van der Waals surface area contributed by atoms with E-state index in [4.69, 9.17) is 4.74 Å². The zero-order chi connectivity index (χ0) is 22.9. The van der Waals surface area contributed by atoms with E-state index in [1.54, 1.807) is 18.2 Å². The summed E-state index contributed by atoms with van der Waals surface area (Å²) in [5, 5.41) is 0. The molecule has 8 nitrogen and oxygen atoms in total. The molecule has 0 spiro atoms. The van der Waals surface area contributed by atoms with Crippen molar-refractivity contribution >= 4 is 33.5 Å². The molecule has 2 aromatic rings. The van der Waals surface area contributed by atoms with Crippen LogP contribution in [0.4, 0.5) is 5.69 Å². The summed E-state index contributed by atoms with van der Waals surface area (Å²) >= 11 is 0. The van der Waals surface area contributed by atoms with Gasteiger partial charge in [-0.2, -0.15) is 4.31 Å². The van der Waals surface area contributed by atoms with Crippen LogP contribution in [0, 0.1) is 0 Å². The number of benzene rings is 2. The number of rotatable bonds is 6. The van der Waals surface area contributed by atoms with Gasteiger partial charge in [-0.1, -0.05) is 31.0 Å². The second-order valence-corrected chi connectivity index (χ2v) is 9.80. The van der Waals surface area contributed by atoms with Crippen LogP contribution in [0.5, 0.6) is 5.75 Å². The Labute approximate surface area is 186 Å². The maximum atomic E-state index is 13.5. The summed E-state index contributed by atoms with van der Waals surface area (Å²) in [6.07, 6.45) is 2.85. The van der Waals surface area contributed by atoms with Gasteiger partial charge >= 0.3 is 5.97 Å². The second kappa shape index (κ2) is 8.84. The molecule has 1 aliphatic heterocycles. The van der Waals surface area contributed by atoms with E-state index in [0.717, 1.165) is 17.7 Å². The third-order valence-electron chi connectivity index (χ3n) is 5.79. The first-order valence-electron chi connectivity index (χ1n) is 10.5. The van der Waals surface area contributed by atoms with Crippen molar-refractivity contribution in [2.75, 3.05) is 4.90 Å². The van der Waals surface area contributed by atoms with Gasteiger partial charge in [0.15, 0.2) is 0 Å². The predicted molar refractivity (Wildman–Crippen MR) is 116 cm³/mol. The predicted octanol–water partition coefficient (Wildman–Crippen LogP) is 2.88. The fourth-order valence-electron chi connectivity index (χ4n) is 4.41. The van der Waals surface area contributed by atoms with Gasteiger partial charge in [0, 0.05) is 13.0 Å². The minimum absolute atomic E-state index is 0.108. The molecule has 1 saturated heterocycles. The van der Waals surface area contributed by atoms with Crippen LogP contribution in [0.1, 0.15) is 39.0 Å². The lowest BCUT2D eigenvalue weighted by Crippen LogP contribution is -2.49. The van der Waals surface area contributed by atoms with Gasteiger partial charge in [-0.15, -0.1) is 0 Å². The topological polar surface area (TPSA) is 101 Å². The van der Waals surface area contributed by atoms with Gasteiger partial charge in [-0.25, -0.2) is 13.3 Å². The molecule has 1 unspecified atom stereocenters. The van der Waals surface area contributed by atoms with Crippen molar-refractivity contribution in [3.63, 3.8) is 0 Å². The normalized spacial score (nSPS) is 19.7. The van der Waals surface area contributed by atoms with E-state index in [0.29, 0.717) is 18.5 Å².